The summed E-state index contributed by atoms with van der Waals surface area (Å²) in [5, 5.41) is 8.10. The second kappa shape index (κ2) is 13.9. The monoisotopic (exact) mass is 354 g/mol. The predicted molar refractivity (Wildman–Crippen MR) is 91.7 cm³/mol. The molecule has 3 N–H and O–H groups in total. The van der Waals surface area contributed by atoms with Crippen LogP contribution in [0.5, 0.6) is 0 Å². The number of pyridine rings is 1. The highest BCUT2D eigenvalue weighted by Crippen LogP contribution is 1.98. The number of rotatable bonds is 7. The molecular formula is C12H20Cl2N4O2S. The number of aromatic nitrogens is 1. The Morgan fingerprint density at radius 1 is 1.10 bits per heavy atom. The molecule has 1 aromatic rings. The third-order valence-corrected chi connectivity index (χ3v) is 2.44. The number of hydrogen-bond acceptors (Lipinski definition) is 5. The third kappa shape index (κ3) is 10.4. The minimum absolute atomic E-state index is 0. The number of halogens is 2. The number of nitrogens with one attached hydrogen (secondary N) is 3. The molecule has 1 heterocycles. The van der Waals surface area contributed by atoms with Gasteiger partial charge in [-0.05, 0) is 25.1 Å². The van der Waals surface area contributed by atoms with E-state index in [0.717, 1.165) is 25.3 Å². The Hall–Kier alpha value is -1.02. The molecular weight excluding hydrogens is 335 g/mol. The van der Waals surface area contributed by atoms with Crippen molar-refractivity contribution in [2.75, 3.05) is 30.7 Å². The summed E-state index contributed by atoms with van der Waals surface area (Å²) in [6.07, 6.45) is 2.30. The minimum atomic E-state index is -0.706. The molecule has 6 nitrogen and oxygen atoms in total. The average molecular weight is 355 g/mol. The quantitative estimate of drug-likeness (QED) is 0.333. The van der Waals surface area contributed by atoms with Crippen molar-refractivity contribution in [3.05, 3.63) is 24.4 Å². The highest BCUT2D eigenvalue weighted by molar-refractivity contribution is 7.80. The van der Waals surface area contributed by atoms with Gasteiger partial charge in [0.15, 0.2) is 0 Å². The Bertz CT molecular complexity index is 410. The van der Waals surface area contributed by atoms with Crippen molar-refractivity contribution in [2.45, 2.75) is 6.42 Å². The van der Waals surface area contributed by atoms with Crippen LogP contribution in [0, 0.1) is 0 Å². The molecule has 0 aromatic carbocycles. The molecule has 1 aromatic heterocycles. The second-order valence-electron chi connectivity index (χ2n) is 3.75. The molecule has 0 fully saturated rings. The number of thiol groups is 1. The van der Waals surface area contributed by atoms with Gasteiger partial charge in [0, 0.05) is 25.0 Å². The molecule has 0 radical (unpaired) electrons. The van der Waals surface area contributed by atoms with Crippen LogP contribution in [0.2, 0.25) is 0 Å². The number of carbonyl (C=O) groups is 2. The summed E-state index contributed by atoms with van der Waals surface area (Å²) in [5.74, 6) is -0.223. The van der Waals surface area contributed by atoms with E-state index in [0.29, 0.717) is 12.4 Å². The molecule has 0 saturated carbocycles. The topological polar surface area (TPSA) is 83.1 Å². The summed E-state index contributed by atoms with van der Waals surface area (Å²) >= 11 is 4.06. The zero-order chi connectivity index (χ0) is 13.9. The van der Waals surface area contributed by atoms with Crippen molar-refractivity contribution >= 4 is 55.1 Å². The summed E-state index contributed by atoms with van der Waals surface area (Å²) in [7, 11) is 0. The highest BCUT2D eigenvalue weighted by Gasteiger charge is 2.12. The van der Waals surface area contributed by atoms with Crippen LogP contribution in [-0.2, 0) is 9.59 Å². The van der Waals surface area contributed by atoms with Gasteiger partial charge in [0.1, 0.15) is 5.82 Å². The smallest absolute Gasteiger partial charge is 0.314 e. The number of anilines is 1. The molecule has 9 heteroatoms. The maximum atomic E-state index is 11.5. The van der Waals surface area contributed by atoms with Crippen LogP contribution >= 0.6 is 37.4 Å². The first kappa shape index (κ1) is 22.3. The fourth-order valence-corrected chi connectivity index (χ4v) is 1.47. The zero-order valence-electron chi connectivity index (χ0n) is 11.4. The van der Waals surface area contributed by atoms with Gasteiger partial charge in [-0.2, -0.15) is 12.6 Å². The fraction of sp³-hybridized carbons (Fsp3) is 0.417. The normalized spacial score (nSPS) is 9.00. The van der Waals surface area contributed by atoms with E-state index in [4.69, 9.17) is 0 Å². The van der Waals surface area contributed by atoms with Gasteiger partial charge in [-0.1, -0.05) is 6.07 Å². The lowest BCUT2D eigenvalue weighted by Gasteiger charge is -2.06. The molecule has 0 aliphatic carbocycles. The van der Waals surface area contributed by atoms with Crippen LogP contribution in [0.25, 0.3) is 0 Å². The maximum Gasteiger partial charge on any atom is 0.314 e. The largest absolute Gasteiger partial charge is 0.348 e. The van der Waals surface area contributed by atoms with E-state index in [9.17, 15) is 9.59 Å². The van der Waals surface area contributed by atoms with E-state index >= 15 is 0 Å². The Balaban J connectivity index is 0. The Labute approximate surface area is 142 Å². The number of carbonyl (C=O) groups excluding carboxylic acids is 2. The molecule has 0 spiro atoms. The molecule has 2 amide bonds. The summed E-state index contributed by atoms with van der Waals surface area (Å²) < 4.78 is 0. The summed E-state index contributed by atoms with van der Waals surface area (Å²) in [6, 6.07) is 5.08. The van der Waals surface area contributed by atoms with Gasteiger partial charge in [0.2, 0.25) is 0 Å². The van der Waals surface area contributed by atoms with E-state index in [1.807, 2.05) is 0 Å². The second-order valence-corrected chi connectivity index (χ2v) is 4.20. The Morgan fingerprint density at radius 3 is 2.48 bits per heavy atom. The van der Waals surface area contributed by atoms with Crippen LogP contribution in [0.3, 0.4) is 0 Å². The van der Waals surface area contributed by atoms with E-state index in [1.165, 1.54) is 0 Å². The zero-order valence-corrected chi connectivity index (χ0v) is 13.9. The first-order chi connectivity index (χ1) is 9.24. The molecule has 120 valence electrons. The molecule has 0 aliphatic rings. The molecule has 21 heavy (non-hydrogen) atoms. The summed E-state index contributed by atoms with van der Waals surface area (Å²) in [6.45, 7) is 2.06. The van der Waals surface area contributed by atoms with E-state index < -0.39 is 11.8 Å². The van der Waals surface area contributed by atoms with Gasteiger partial charge in [-0.15, -0.1) is 24.8 Å². The Morgan fingerprint density at radius 2 is 1.86 bits per heavy atom. The van der Waals surface area contributed by atoms with Crippen LogP contribution < -0.4 is 16.0 Å². The van der Waals surface area contributed by atoms with E-state index in [1.54, 1.807) is 24.4 Å². The lowest BCUT2D eigenvalue weighted by atomic mass is 10.4. The number of nitrogens with zero attached hydrogens (tertiary/aromatic N) is 1. The van der Waals surface area contributed by atoms with Gasteiger partial charge in [0.05, 0.1) is 0 Å². The summed E-state index contributed by atoms with van der Waals surface area (Å²) in [5.41, 5.74) is 0. The summed E-state index contributed by atoms with van der Waals surface area (Å²) in [4.78, 5) is 26.8. The van der Waals surface area contributed by atoms with Crippen LogP contribution in [0.1, 0.15) is 6.42 Å². The lowest BCUT2D eigenvalue weighted by Crippen LogP contribution is -2.37. The van der Waals surface area contributed by atoms with Gasteiger partial charge < -0.3 is 16.0 Å². The fourth-order valence-electron chi connectivity index (χ4n) is 1.31. The van der Waals surface area contributed by atoms with Gasteiger partial charge in [-0.3, -0.25) is 9.59 Å². The standard InChI is InChI=1S/C12H18N4O2S.2ClH/c17-11(15-7-3-5-13-8-9-19)12(18)16-10-4-1-2-6-14-10;;/h1-2,4,6,13,19H,3,5,7-9H2,(H,15,17)(H,14,16,18);2*1H. The van der Waals surface area contributed by atoms with Gasteiger partial charge in [0.25, 0.3) is 0 Å². The Kier molecular flexibility index (Phi) is 14.8. The molecule has 0 bridgehead atoms. The van der Waals surface area contributed by atoms with Crippen LogP contribution in [0.15, 0.2) is 24.4 Å². The molecule has 0 unspecified atom stereocenters. The van der Waals surface area contributed by atoms with Crippen molar-refractivity contribution in [3.63, 3.8) is 0 Å². The highest BCUT2D eigenvalue weighted by atomic mass is 35.5. The van der Waals surface area contributed by atoms with E-state index in [2.05, 4.69) is 33.6 Å². The van der Waals surface area contributed by atoms with Crippen molar-refractivity contribution in [1.82, 2.24) is 15.6 Å². The van der Waals surface area contributed by atoms with Crippen molar-refractivity contribution in [2.24, 2.45) is 0 Å². The van der Waals surface area contributed by atoms with Crippen molar-refractivity contribution in [3.8, 4) is 0 Å². The predicted octanol–water partition coefficient (Wildman–Crippen LogP) is 0.889. The number of amides is 2. The van der Waals surface area contributed by atoms with Gasteiger partial charge in [-0.25, -0.2) is 4.98 Å². The lowest BCUT2D eigenvalue weighted by molar-refractivity contribution is -0.136. The van der Waals surface area contributed by atoms with Crippen molar-refractivity contribution < 1.29 is 9.59 Å². The average Bonchev–Trinajstić information content (AvgIpc) is 2.43. The maximum absolute atomic E-state index is 11.5. The SMILES string of the molecule is Cl.Cl.O=C(NCCCNCCS)C(=O)Nc1ccccn1. The molecule has 1 rings (SSSR count). The van der Waals surface area contributed by atoms with Crippen LogP contribution in [0.4, 0.5) is 5.82 Å². The van der Waals surface area contributed by atoms with E-state index in [-0.39, 0.29) is 24.8 Å². The first-order valence-electron chi connectivity index (χ1n) is 6.06. The molecule has 0 atom stereocenters. The molecule has 0 aliphatic heterocycles. The van der Waals surface area contributed by atoms with Gasteiger partial charge >= 0.3 is 11.8 Å². The molecule has 0 saturated heterocycles. The first-order valence-corrected chi connectivity index (χ1v) is 6.69. The third-order valence-electron chi connectivity index (χ3n) is 2.22. The number of hydrogen-bond donors (Lipinski definition) is 4. The van der Waals surface area contributed by atoms with Crippen LogP contribution in [-0.4, -0.2) is 42.2 Å². The minimum Gasteiger partial charge on any atom is -0.348 e. The van der Waals surface area contributed by atoms with Crippen molar-refractivity contribution in [1.29, 1.82) is 0 Å².